The lowest BCUT2D eigenvalue weighted by atomic mass is 10.0. The van der Waals surface area contributed by atoms with Gasteiger partial charge in [-0.3, -0.25) is 19.5 Å². The Morgan fingerprint density at radius 3 is 2.75 bits per heavy atom. The van der Waals surface area contributed by atoms with E-state index in [0.717, 1.165) is 93.1 Å². The summed E-state index contributed by atoms with van der Waals surface area (Å²) in [5.41, 5.74) is 7.00. The average Bonchev–Trinajstić information content (AvgIpc) is 3.33. The standard InChI is InChI=1S/C25H29N5O2.C2H4O2/c31-25-21-16-24(29-22(21)5-7-28-25)20-4-6-27-23(15-20)19-3-1-2-18(14-19)17-26-8-9-30-10-12-32-13-11-30;1-2(3)4/h1-4,6,14-16,26,29H,5,7-13,17H2,(H,28,31);1H3,(H,3,4). The number of nitrogens with one attached hydrogen (secondary N) is 3. The number of carboxylic acid groups (broad SMARTS) is 1. The highest BCUT2D eigenvalue weighted by Gasteiger charge is 2.20. The van der Waals surface area contributed by atoms with Crippen LogP contribution in [-0.4, -0.2) is 77.8 Å². The first-order valence-electron chi connectivity index (χ1n) is 12.3. The van der Waals surface area contributed by atoms with Gasteiger partial charge in [0.25, 0.3) is 11.9 Å². The quantitative estimate of drug-likeness (QED) is 0.375. The first-order valence-corrected chi connectivity index (χ1v) is 12.3. The Balaban J connectivity index is 0.000000709. The van der Waals surface area contributed by atoms with Gasteiger partial charge in [-0.1, -0.05) is 18.2 Å². The van der Waals surface area contributed by atoms with E-state index in [1.165, 1.54) is 5.56 Å². The molecule has 36 heavy (non-hydrogen) atoms. The largest absolute Gasteiger partial charge is 0.481 e. The molecule has 1 amide bonds. The van der Waals surface area contributed by atoms with Gasteiger partial charge in [-0.05, 0) is 29.8 Å². The minimum atomic E-state index is -0.833. The fraction of sp³-hybridized carbons (Fsp3) is 0.370. The lowest BCUT2D eigenvalue weighted by Gasteiger charge is -2.26. The summed E-state index contributed by atoms with van der Waals surface area (Å²) in [6, 6.07) is 14.5. The number of carbonyl (C=O) groups excluding carboxylic acids is 1. The third-order valence-corrected chi connectivity index (χ3v) is 6.14. The highest BCUT2D eigenvalue weighted by molar-refractivity contribution is 5.97. The molecule has 9 heteroatoms. The van der Waals surface area contributed by atoms with Crippen LogP contribution in [0.5, 0.6) is 0 Å². The van der Waals surface area contributed by atoms with Gasteiger partial charge in [-0.2, -0.15) is 0 Å². The summed E-state index contributed by atoms with van der Waals surface area (Å²) < 4.78 is 5.41. The summed E-state index contributed by atoms with van der Waals surface area (Å²) in [4.78, 5) is 31.6. The third kappa shape index (κ3) is 7.00. The van der Waals surface area contributed by atoms with Gasteiger partial charge >= 0.3 is 0 Å². The number of fused-ring (bicyclic) bond motifs is 1. The molecule has 0 radical (unpaired) electrons. The average molecular weight is 492 g/mol. The number of aromatic amines is 1. The molecule has 0 bridgehead atoms. The Morgan fingerprint density at radius 2 is 1.97 bits per heavy atom. The monoisotopic (exact) mass is 491 g/mol. The molecule has 190 valence electrons. The summed E-state index contributed by atoms with van der Waals surface area (Å²) >= 11 is 0. The Bertz CT molecular complexity index is 1180. The zero-order valence-corrected chi connectivity index (χ0v) is 20.5. The summed E-state index contributed by atoms with van der Waals surface area (Å²) in [6.45, 7) is 8.32. The van der Waals surface area contributed by atoms with Crippen LogP contribution >= 0.6 is 0 Å². The van der Waals surface area contributed by atoms with E-state index in [1.54, 1.807) is 0 Å². The molecule has 0 saturated carbocycles. The molecule has 4 N–H and O–H groups in total. The van der Waals surface area contributed by atoms with E-state index in [4.69, 9.17) is 14.6 Å². The Kier molecular flexibility index (Phi) is 8.83. The number of hydrogen-bond acceptors (Lipinski definition) is 6. The number of amides is 1. The maximum Gasteiger partial charge on any atom is 0.300 e. The molecule has 0 atom stereocenters. The molecule has 0 spiro atoms. The van der Waals surface area contributed by atoms with E-state index in [0.29, 0.717) is 6.54 Å². The van der Waals surface area contributed by atoms with Gasteiger partial charge in [0.2, 0.25) is 0 Å². The maximum absolute atomic E-state index is 12.1. The van der Waals surface area contributed by atoms with E-state index in [1.807, 2.05) is 18.3 Å². The van der Waals surface area contributed by atoms with Crippen LogP contribution in [0.15, 0.2) is 48.7 Å². The van der Waals surface area contributed by atoms with Gasteiger partial charge in [0, 0.05) is 81.3 Å². The van der Waals surface area contributed by atoms with Gasteiger partial charge in [-0.15, -0.1) is 0 Å². The van der Waals surface area contributed by atoms with Crippen molar-refractivity contribution in [1.29, 1.82) is 0 Å². The SMILES string of the molecule is CC(=O)O.O=C1NCCc2[nH]c(-c3ccnc(-c4cccc(CNCCN5CCOCC5)c4)c3)cc21. The van der Waals surface area contributed by atoms with Gasteiger partial charge in [-0.25, -0.2) is 0 Å². The normalized spacial score (nSPS) is 15.4. The number of hydrogen-bond donors (Lipinski definition) is 4. The van der Waals surface area contributed by atoms with Crippen molar-refractivity contribution < 1.29 is 19.4 Å². The van der Waals surface area contributed by atoms with Crippen molar-refractivity contribution in [2.24, 2.45) is 0 Å². The molecular formula is C27H33N5O4. The highest BCUT2D eigenvalue weighted by atomic mass is 16.5. The van der Waals surface area contributed by atoms with Gasteiger partial charge in [0.15, 0.2) is 0 Å². The van der Waals surface area contributed by atoms with E-state index in [-0.39, 0.29) is 5.91 Å². The minimum absolute atomic E-state index is 0.00292. The predicted octanol–water partition coefficient (Wildman–Crippen LogP) is 2.54. The van der Waals surface area contributed by atoms with Crippen LogP contribution in [0.1, 0.15) is 28.5 Å². The smallest absolute Gasteiger partial charge is 0.300 e. The lowest BCUT2D eigenvalue weighted by molar-refractivity contribution is -0.134. The summed E-state index contributed by atoms with van der Waals surface area (Å²) in [6.07, 6.45) is 2.66. The van der Waals surface area contributed by atoms with Crippen molar-refractivity contribution in [1.82, 2.24) is 25.5 Å². The van der Waals surface area contributed by atoms with Crippen molar-refractivity contribution >= 4 is 11.9 Å². The zero-order chi connectivity index (χ0) is 25.3. The summed E-state index contributed by atoms with van der Waals surface area (Å²) in [7, 11) is 0. The van der Waals surface area contributed by atoms with E-state index in [2.05, 4.69) is 55.8 Å². The third-order valence-electron chi connectivity index (χ3n) is 6.14. The molecule has 2 aliphatic rings. The van der Waals surface area contributed by atoms with Crippen LogP contribution in [0, 0.1) is 0 Å². The van der Waals surface area contributed by atoms with Crippen LogP contribution in [-0.2, 0) is 22.5 Å². The van der Waals surface area contributed by atoms with Crippen molar-refractivity contribution in [3.05, 3.63) is 65.5 Å². The molecule has 0 unspecified atom stereocenters. The van der Waals surface area contributed by atoms with Crippen LogP contribution in [0.25, 0.3) is 22.5 Å². The molecule has 4 heterocycles. The number of benzene rings is 1. The zero-order valence-electron chi connectivity index (χ0n) is 20.5. The molecular weight excluding hydrogens is 458 g/mol. The molecule has 9 nitrogen and oxygen atoms in total. The van der Waals surface area contributed by atoms with Crippen LogP contribution in [0.2, 0.25) is 0 Å². The fourth-order valence-corrected chi connectivity index (χ4v) is 4.34. The van der Waals surface area contributed by atoms with E-state index in [9.17, 15) is 4.79 Å². The van der Waals surface area contributed by atoms with E-state index < -0.39 is 5.97 Å². The Morgan fingerprint density at radius 1 is 1.17 bits per heavy atom. The van der Waals surface area contributed by atoms with Gasteiger partial charge in [0.05, 0.1) is 24.5 Å². The summed E-state index contributed by atoms with van der Waals surface area (Å²) in [5.74, 6) is -0.836. The fourth-order valence-electron chi connectivity index (χ4n) is 4.34. The molecule has 1 saturated heterocycles. The molecule has 2 aliphatic heterocycles. The number of morpholine rings is 1. The van der Waals surface area contributed by atoms with Gasteiger partial charge < -0.3 is 25.5 Å². The minimum Gasteiger partial charge on any atom is -0.481 e. The molecule has 2 aromatic heterocycles. The second-order valence-electron chi connectivity index (χ2n) is 8.86. The summed E-state index contributed by atoms with van der Waals surface area (Å²) in [5, 5.41) is 13.9. The first kappa shape index (κ1) is 25.6. The number of aliphatic carboxylic acids is 1. The number of ether oxygens (including phenoxy) is 1. The second kappa shape index (κ2) is 12.4. The lowest BCUT2D eigenvalue weighted by Crippen LogP contribution is -2.40. The van der Waals surface area contributed by atoms with Crippen LogP contribution in [0.3, 0.4) is 0 Å². The van der Waals surface area contributed by atoms with Gasteiger partial charge in [0.1, 0.15) is 0 Å². The maximum atomic E-state index is 12.1. The molecule has 5 rings (SSSR count). The van der Waals surface area contributed by atoms with Crippen LogP contribution in [0.4, 0.5) is 0 Å². The van der Waals surface area contributed by atoms with Crippen molar-refractivity contribution in [2.75, 3.05) is 45.9 Å². The number of aromatic nitrogens is 2. The number of pyridine rings is 1. The number of carboxylic acids is 1. The molecule has 1 fully saturated rings. The number of carbonyl (C=O) groups is 2. The van der Waals surface area contributed by atoms with E-state index >= 15 is 0 Å². The van der Waals surface area contributed by atoms with Crippen molar-refractivity contribution in [2.45, 2.75) is 19.9 Å². The number of nitrogens with zero attached hydrogens (tertiary/aromatic N) is 2. The molecule has 1 aromatic carbocycles. The Labute approximate surface area is 210 Å². The molecule has 3 aromatic rings. The molecule has 0 aliphatic carbocycles. The topological polar surface area (TPSA) is 120 Å². The van der Waals surface area contributed by atoms with Crippen molar-refractivity contribution in [3.8, 4) is 22.5 Å². The van der Waals surface area contributed by atoms with Crippen LogP contribution < -0.4 is 10.6 Å². The predicted molar refractivity (Wildman–Crippen MR) is 138 cm³/mol. The second-order valence-corrected chi connectivity index (χ2v) is 8.86. The first-order chi connectivity index (χ1) is 17.5. The van der Waals surface area contributed by atoms with Crippen molar-refractivity contribution in [3.63, 3.8) is 0 Å². The number of H-pyrrole nitrogens is 1. The highest BCUT2D eigenvalue weighted by Crippen LogP contribution is 2.27. The number of rotatable bonds is 7. The Hall–Kier alpha value is -3.53.